The summed E-state index contributed by atoms with van der Waals surface area (Å²) in [6.07, 6.45) is 5.98. The second-order valence-electron chi connectivity index (χ2n) is 4.90. The normalized spacial score (nSPS) is 18.1. The molecule has 0 aromatic carbocycles. The first-order valence-electron chi connectivity index (χ1n) is 6.01. The molecule has 0 radical (unpaired) electrons. The van der Waals surface area contributed by atoms with Crippen molar-refractivity contribution in [2.75, 3.05) is 34.2 Å². The van der Waals surface area contributed by atoms with E-state index in [1.807, 2.05) is 26.0 Å². The molecule has 1 aliphatic carbocycles. The third-order valence-corrected chi connectivity index (χ3v) is 3.21. The number of carbonyl (C=O) groups is 1. The van der Waals surface area contributed by atoms with E-state index in [0.717, 1.165) is 25.9 Å². The van der Waals surface area contributed by atoms with Crippen LogP contribution in [0.2, 0.25) is 0 Å². The van der Waals surface area contributed by atoms with E-state index in [9.17, 15) is 4.79 Å². The Balaban J connectivity index is 2.30. The SMILES string of the molecule is CN(C)CCN(C)C(=O)C1CCCCC1. The predicted octanol–water partition coefficient (Wildman–Crippen LogP) is 1.59. The van der Waals surface area contributed by atoms with Gasteiger partial charge in [-0.2, -0.15) is 0 Å². The third-order valence-electron chi connectivity index (χ3n) is 3.21. The minimum atomic E-state index is 0.311. The van der Waals surface area contributed by atoms with Crippen LogP contribution in [-0.4, -0.2) is 49.9 Å². The van der Waals surface area contributed by atoms with Crippen molar-refractivity contribution in [2.24, 2.45) is 5.92 Å². The van der Waals surface area contributed by atoms with Crippen LogP contribution in [0.1, 0.15) is 32.1 Å². The molecule has 1 amide bonds. The van der Waals surface area contributed by atoms with Gasteiger partial charge in [0.2, 0.25) is 5.91 Å². The summed E-state index contributed by atoms with van der Waals surface area (Å²) in [5, 5.41) is 0. The Morgan fingerprint density at radius 1 is 1.07 bits per heavy atom. The van der Waals surface area contributed by atoms with Gasteiger partial charge in [-0.15, -0.1) is 0 Å². The van der Waals surface area contributed by atoms with E-state index in [-0.39, 0.29) is 0 Å². The lowest BCUT2D eigenvalue weighted by atomic mass is 9.88. The number of rotatable bonds is 4. The van der Waals surface area contributed by atoms with Gasteiger partial charge in [-0.25, -0.2) is 0 Å². The van der Waals surface area contributed by atoms with Gasteiger partial charge in [-0.05, 0) is 26.9 Å². The highest BCUT2D eigenvalue weighted by Crippen LogP contribution is 2.24. The minimum Gasteiger partial charge on any atom is -0.344 e. The van der Waals surface area contributed by atoms with Gasteiger partial charge in [0, 0.05) is 26.1 Å². The Labute approximate surface area is 93.4 Å². The monoisotopic (exact) mass is 212 g/mol. The molecule has 88 valence electrons. The lowest BCUT2D eigenvalue weighted by molar-refractivity contribution is -0.135. The van der Waals surface area contributed by atoms with Crippen LogP contribution in [-0.2, 0) is 4.79 Å². The molecule has 0 N–H and O–H groups in total. The van der Waals surface area contributed by atoms with Gasteiger partial charge in [0.25, 0.3) is 0 Å². The molecule has 1 saturated carbocycles. The number of amides is 1. The fourth-order valence-electron chi connectivity index (χ4n) is 2.12. The predicted molar refractivity (Wildman–Crippen MR) is 62.8 cm³/mol. The highest BCUT2D eigenvalue weighted by atomic mass is 16.2. The van der Waals surface area contributed by atoms with Crippen LogP contribution in [0.4, 0.5) is 0 Å². The van der Waals surface area contributed by atoms with Crippen molar-refractivity contribution >= 4 is 5.91 Å². The van der Waals surface area contributed by atoms with Crippen LogP contribution >= 0.6 is 0 Å². The highest BCUT2D eigenvalue weighted by molar-refractivity contribution is 5.78. The van der Waals surface area contributed by atoms with Gasteiger partial charge in [0.1, 0.15) is 0 Å². The lowest BCUT2D eigenvalue weighted by Crippen LogP contribution is -2.38. The maximum Gasteiger partial charge on any atom is 0.225 e. The average Bonchev–Trinajstić information content (AvgIpc) is 2.26. The van der Waals surface area contributed by atoms with Crippen molar-refractivity contribution < 1.29 is 4.79 Å². The molecule has 0 heterocycles. The van der Waals surface area contributed by atoms with Crippen LogP contribution < -0.4 is 0 Å². The Morgan fingerprint density at radius 2 is 1.67 bits per heavy atom. The molecule has 0 saturated heterocycles. The summed E-state index contributed by atoms with van der Waals surface area (Å²) in [5.74, 6) is 0.669. The Bertz CT molecular complexity index is 198. The maximum absolute atomic E-state index is 12.0. The fourth-order valence-corrected chi connectivity index (χ4v) is 2.12. The van der Waals surface area contributed by atoms with Crippen molar-refractivity contribution in [1.29, 1.82) is 0 Å². The Morgan fingerprint density at radius 3 is 2.20 bits per heavy atom. The zero-order chi connectivity index (χ0) is 11.3. The molecule has 0 aliphatic heterocycles. The first kappa shape index (κ1) is 12.5. The van der Waals surface area contributed by atoms with Gasteiger partial charge in [0.15, 0.2) is 0 Å². The van der Waals surface area contributed by atoms with Gasteiger partial charge >= 0.3 is 0 Å². The molecular formula is C12H24N2O. The van der Waals surface area contributed by atoms with E-state index in [1.54, 1.807) is 0 Å². The molecule has 15 heavy (non-hydrogen) atoms. The molecule has 1 rings (SSSR count). The van der Waals surface area contributed by atoms with Crippen molar-refractivity contribution in [3.63, 3.8) is 0 Å². The summed E-state index contributed by atoms with van der Waals surface area (Å²) in [6.45, 7) is 1.80. The second-order valence-corrected chi connectivity index (χ2v) is 4.90. The van der Waals surface area contributed by atoms with Crippen molar-refractivity contribution in [3.8, 4) is 0 Å². The van der Waals surface area contributed by atoms with Gasteiger partial charge in [-0.1, -0.05) is 19.3 Å². The molecule has 0 aromatic rings. The Kier molecular flexibility index (Phi) is 5.09. The second kappa shape index (κ2) is 6.11. The van der Waals surface area contributed by atoms with E-state index in [2.05, 4.69) is 4.90 Å². The molecule has 0 atom stereocenters. The van der Waals surface area contributed by atoms with Crippen LogP contribution in [0.15, 0.2) is 0 Å². The number of nitrogens with zero attached hydrogens (tertiary/aromatic N) is 2. The molecule has 0 unspecified atom stereocenters. The lowest BCUT2D eigenvalue weighted by Gasteiger charge is -2.27. The summed E-state index contributed by atoms with van der Waals surface area (Å²) in [4.78, 5) is 16.0. The largest absolute Gasteiger partial charge is 0.344 e. The maximum atomic E-state index is 12.0. The van der Waals surface area contributed by atoms with E-state index in [1.165, 1.54) is 19.3 Å². The van der Waals surface area contributed by atoms with Gasteiger partial charge in [0.05, 0.1) is 0 Å². The fraction of sp³-hybridized carbons (Fsp3) is 0.917. The number of likely N-dealkylation sites (N-methyl/N-ethyl adjacent to an activating group) is 2. The number of hydrogen-bond acceptors (Lipinski definition) is 2. The third kappa shape index (κ3) is 4.20. The smallest absolute Gasteiger partial charge is 0.225 e. The summed E-state index contributed by atoms with van der Waals surface area (Å²) < 4.78 is 0. The minimum absolute atomic E-state index is 0.311. The van der Waals surface area contributed by atoms with E-state index in [0.29, 0.717) is 11.8 Å². The number of carbonyl (C=O) groups excluding carboxylic acids is 1. The van der Waals surface area contributed by atoms with E-state index >= 15 is 0 Å². The van der Waals surface area contributed by atoms with E-state index in [4.69, 9.17) is 0 Å². The first-order valence-corrected chi connectivity index (χ1v) is 6.01. The summed E-state index contributed by atoms with van der Waals surface area (Å²) in [5.41, 5.74) is 0. The summed E-state index contributed by atoms with van der Waals surface area (Å²) in [6, 6.07) is 0. The molecule has 0 spiro atoms. The average molecular weight is 212 g/mol. The summed E-state index contributed by atoms with van der Waals surface area (Å²) in [7, 11) is 6.01. The number of hydrogen-bond donors (Lipinski definition) is 0. The zero-order valence-electron chi connectivity index (χ0n) is 10.3. The molecule has 0 bridgehead atoms. The zero-order valence-corrected chi connectivity index (χ0v) is 10.3. The first-order chi connectivity index (χ1) is 7.11. The topological polar surface area (TPSA) is 23.6 Å². The van der Waals surface area contributed by atoms with Crippen molar-refractivity contribution in [2.45, 2.75) is 32.1 Å². The standard InChI is InChI=1S/C12H24N2O/c1-13(2)9-10-14(3)12(15)11-7-5-4-6-8-11/h11H,4-10H2,1-3H3. The van der Waals surface area contributed by atoms with Gasteiger partial charge < -0.3 is 9.80 Å². The van der Waals surface area contributed by atoms with Crippen molar-refractivity contribution in [1.82, 2.24) is 9.80 Å². The van der Waals surface area contributed by atoms with Gasteiger partial charge in [-0.3, -0.25) is 4.79 Å². The highest BCUT2D eigenvalue weighted by Gasteiger charge is 2.23. The Hall–Kier alpha value is -0.570. The molecule has 1 fully saturated rings. The van der Waals surface area contributed by atoms with Crippen LogP contribution in [0.25, 0.3) is 0 Å². The van der Waals surface area contributed by atoms with Crippen LogP contribution in [0.3, 0.4) is 0 Å². The molecule has 1 aliphatic rings. The summed E-state index contributed by atoms with van der Waals surface area (Å²) >= 11 is 0. The molecular weight excluding hydrogens is 188 g/mol. The quantitative estimate of drug-likeness (QED) is 0.706. The molecule has 0 aromatic heterocycles. The molecule has 3 heteroatoms. The van der Waals surface area contributed by atoms with Crippen LogP contribution in [0, 0.1) is 5.92 Å². The van der Waals surface area contributed by atoms with Crippen LogP contribution in [0.5, 0.6) is 0 Å². The van der Waals surface area contributed by atoms with E-state index < -0.39 is 0 Å². The molecule has 3 nitrogen and oxygen atoms in total. The van der Waals surface area contributed by atoms with Crippen molar-refractivity contribution in [3.05, 3.63) is 0 Å².